The van der Waals surface area contributed by atoms with Gasteiger partial charge in [-0.05, 0) is 37.5 Å². The molecule has 0 bridgehead atoms. The Kier molecular flexibility index (Phi) is 4.59. The van der Waals surface area contributed by atoms with Crippen LogP contribution in [-0.4, -0.2) is 38.9 Å². The number of rotatable bonds is 4. The minimum atomic E-state index is -1.92. The second-order valence-electron chi connectivity index (χ2n) is 9.75. The first-order valence-corrected chi connectivity index (χ1v) is 11.7. The number of carbonyl (C=O) groups is 1. The van der Waals surface area contributed by atoms with Gasteiger partial charge in [-0.1, -0.05) is 6.92 Å². The third-order valence-electron chi connectivity index (χ3n) is 7.86. The molecular formula is C26H25FN2O6. The molecule has 0 saturated carbocycles. The number of aliphatic hydroxyl groups excluding tert-OH is 1. The van der Waals surface area contributed by atoms with Crippen LogP contribution in [0.4, 0.5) is 4.39 Å². The van der Waals surface area contributed by atoms with E-state index < -0.39 is 17.2 Å². The van der Waals surface area contributed by atoms with Crippen LogP contribution in [0.3, 0.4) is 0 Å². The Hall–Kier alpha value is -3.14. The summed E-state index contributed by atoms with van der Waals surface area (Å²) in [5, 5.41) is 21.3. The Labute approximate surface area is 199 Å². The Morgan fingerprint density at radius 1 is 1.26 bits per heavy atom. The van der Waals surface area contributed by atoms with E-state index in [0.717, 1.165) is 22.1 Å². The maximum atomic E-state index is 14.9. The summed E-state index contributed by atoms with van der Waals surface area (Å²) in [5.74, 6) is -1.16. The number of aliphatic hydroxyl groups is 2. The van der Waals surface area contributed by atoms with Gasteiger partial charge >= 0.3 is 5.97 Å². The molecule has 2 aliphatic heterocycles. The number of carbonyl (C=O) groups excluding carboxylic acids is 1. The Morgan fingerprint density at radius 3 is 2.74 bits per heavy atom. The van der Waals surface area contributed by atoms with Crippen LogP contribution in [0.15, 0.2) is 16.9 Å². The molecule has 35 heavy (non-hydrogen) atoms. The van der Waals surface area contributed by atoms with Crippen molar-refractivity contribution in [2.75, 3.05) is 13.2 Å². The zero-order valence-corrected chi connectivity index (χ0v) is 19.7. The van der Waals surface area contributed by atoms with Crippen LogP contribution in [0.25, 0.3) is 22.3 Å². The summed E-state index contributed by atoms with van der Waals surface area (Å²) in [5.41, 5.74) is 1.73. The molecule has 6 rings (SSSR count). The fraction of sp³-hybridized carbons (Fsp3) is 0.423. The van der Waals surface area contributed by atoms with Crippen LogP contribution in [0, 0.1) is 12.7 Å². The SMILES string of the molecule is CC[C@@]1(O)C(=O)OCc2c1cc1n(c2=O)Cc2c-1nc1cc(F)c(C)c3c1c2C(C)(OCCO)C3. The number of aromatic nitrogens is 2. The summed E-state index contributed by atoms with van der Waals surface area (Å²) >= 11 is 0. The Bertz CT molecular complexity index is 1530. The molecular weight excluding hydrogens is 455 g/mol. The highest BCUT2D eigenvalue weighted by Gasteiger charge is 2.47. The number of ether oxygens (including phenoxy) is 2. The topological polar surface area (TPSA) is 111 Å². The van der Waals surface area contributed by atoms with Crippen LogP contribution < -0.4 is 5.56 Å². The van der Waals surface area contributed by atoms with E-state index in [1.165, 1.54) is 6.07 Å². The number of hydrogen-bond acceptors (Lipinski definition) is 7. The van der Waals surface area contributed by atoms with Crippen molar-refractivity contribution in [2.24, 2.45) is 0 Å². The van der Waals surface area contributed by atoms with Gasteiger partial charge in [-0.15, -0.1) is 0 Å². The molecule has 0 amide bonds. The van der Waals surface area contributed by atoms with Crippen LogP contribution >= 0.6 is 0 Å². The van der Waals surface area contributed by atoms with Crippen molar-refractivity contribution >= 4 is 16.9 Å². The lowest BCUT2D eigenvalue weighted by Gasteiger charge is -2.31. The van der Waals surface area contributed by atoms with E-state index >= 15 is 0 Å². The third kappa shape index (κ3) is 2.74. The van der Waals surface area contributed by atoms with Gasteiger partial charge in [0, 0.05) is 34.6 Å². The molecule has 1 aliphatic carbocycles. The zero-order chi connectivity index (χ0) is 24.9. The second-order valence-corrected chi connectivity index (χ2v) is 9.75. The molecule has 2 aromatic heterocycles. The van der Waals surface area contributed by atoms with Gasteiger partial charge < -0.3 is 24.3 Å². The predicted octanol–water partition coefficient (Wildman–Crippen LogP) is 2.31. The summed E-state index contributed by atoms with van der Waals surface area (Å²) in [7, 11) is 0. The number of cyclic esters (lactones) is 1. The van der Waals surface area contributed by atoms with Crippen molar-refractivity contribution in [3.63, 3.8) is 0 Å². The molecule has 2 N–H and O–H groups in total. The first-order valence-electron chi connectivity index (χ1n) is 11.7. The molecule has 0 fully saturated rings. The van der Waals surface area contributed by atoms with E-state index in [1.807, 2.05) is 6.92 Å². The summed E-state index contributed by atoms with van der Waals surface area (Å²) in [6, 6.07) is 3.04. The van der Waals surface area contributed by atoms with Gasteiger partial charge in [-0.3, -0.25) is 4.79 Å². The molecule has 8 nitrogen and oxygen atoms in total. The second kappa shape index (κ2) is 7.19. The van der Waals surface area contributed by atoms with Crippen molar-refractivity contribution in [2.45, 2.75) is 58.0 Å². The van der Waals surface area contributed by atoms with E-state index in [1.54, 1.807) is 24.5 Å². The van der Waals surface area contributed by atoms with Gasteiger partial charge in [0.25, 0.3) is 5.56 Å². The number of pyridine rings is 2. The number of fused-ring (bicyclic) bond motifs is 5. The Morgan fingerprint density at radius 2 is 2.03 bits per heavy atom. The number of hydrogen-bond donors (Lipinski definition) is 2. The lowest BCUT2D eigenvalue weighted by molar-refractivity contribution is -0.172. The average Bonchev–Trinajstić information content (AvgIpc) is 3.36. The van der Waals surface area contributed by atoms with Crippen LogP contribution in [0.2, 0.25) is 0 Å². The van der Waals surface area contributed by atoms with Crippen LogP contribution in [0.5, 0.6) is 0 Å². The van der Waals surface area contributed by atoms with Gasteiger partial charge in [0.1, 0.15) is 12.4 Å². The molecule has 182 valence electrons. The van der Waals surface area contributed by atoms with Crippen molar-refractivity contribution < 1.29 is 28.9 Å². The van der Waals surface area contributed by atoms with E-state index in [-0.39, 0.29) is 55.3 Å². The molecule has 1 aromatic carbocycles. The zero-order valence-electron chi connectivity index (χ0n) is 19.7. The summed E-state index contributed by atoms with van der Waals surface area (Å²) in [4.78, 5) is 30.8. The van der Waals surface area contributed by atoms with Gasteiger partial charge in [-0.25, -0.2) is 14.2 Å². The first-order chi connectivity index (χ1) is 16.6. The van der Waals surface area contributed by atoms with Crippen LogP contribution in [-0.2, 0) is 45.0 Å². The van der Waals surface area contributed by atoms with E-state index in [2.05, 4.69) is 0 Å². The van der Waals surface area contributed by atoms with Gasteiger partial charge in [0.05, 0.1) is 47.8 Å². The van der Waals surface area contributed by atoms with E-state index in [9.17, 15) is 24.2 Å². The average molecular weight is 480 g/mol. The highest BCUT2D eigenvalue weighted by molar-refractivity contribution is 5.95. The number of esters is 1. The van der Waals surface area contributed by atoms with Crippen molar-refractivity contribution in [3.05, 3.63) is 61.7 Å². The summed E-state index contributed by atoms with van der Waals surface area (Å²) in [6.07, 6.45) is 0.464. The molecule has 4 heterocycles. The van der Waals surface area contributed by atoms with Gasteiger partial charge in [0.15, 0.2) is 5.60 Å². The minimum absolute atomic E-state index is 0.0475. The minimum Gasteiger partial charge on any atom is -0.458 e. The number of benzene rings is 1. The maximum Gasteiger partial charge on any atom is 0.343 e. The normalized spacial score (nSPS) is 23.9. The molecule has 3 aliphatic rings. The number of nitrogens with zero attached hydrogens (tertiary/aromatic N) is 2. The maximum absolute atomic E-state index is 14.9. The monoisotopic (exact) mass is 480 g/mol. The van der Waals surface area contributed by atoms with Gasteiger partial charge in [0.2, 0.25) is 0 Å². The van der Waals surface area contributed by atoms with Gasteiger partial charge in [-0.2, -0.15) is 0 Å². The van der Waals surface area contributed by atoms with Crippen molar-refractivity contribution in [1.29, 1.82) is 0 Å². The third-order valence-corrected chi connectivity index (χ3v) is 7.86. The molecule has 0 radical (unpaired) electrons. The van der Waals surface area contributed by atoms with Crippen molar-refractivity contribution in [3.8, 4) is 11.4 Å². The van der Waals surface area contributed by atoms with Crippen LogP contribution in [0.1, 0.15) is 53.6 Å². The largest absolute Gasteiger partial charge is 0.458 e. The fourth-order valence-corrected chi connectivity index (χ4v) is 6.01. The highest BCUT2D eigenvalue weighted by atomic mass is 19.1. The predicted molar refractivity (Wildman–Crippen MR) is 123 cm³/mol. The summed E-state index contributed by atoms with van der Waals surface area (Å²) < 4.78 is 27.7. The summed E-state index contributed by atoms with van der Waals surface area (Å²) in [6.45, 7) is 5.25. The Balaban J connectivity index is 1.67. The standard InChI is InChI=1S/C26H25FN2O6/c1-4-26(33)16-7-19-22-14(10-29(19)23(31)15(16)11-34-24(26)32)21-20-13(9-25(21,3)35-6-5-30)12(2)17(27)8-18(20)28-22/h7-8,30,33H,4-6,9-11H2,1-3H3/t25?,26-/m0/s1. The molecule has 9 heteroatoms. The quantitative estimate of drug-likeness (QED) is 0.431. The lowest BCUT2D eigenvalue weighted by Crippen LogP contribution is -2.44. The molecule has 1 unspecified atom stereocenters. The highest BCUT2D eigenvalue weighted by Crippen LogP contribution is 2.50. The molecule has 0 saturated heterocycles. The smallest absolute Gasteiger partial charge is 0.343 e. The molecule has 2 atom stereocenters. The van der Waals surface area contributed by atoms with E-state index in [0.29, 0.717) is 28.9 Å². The van der Waals surface area contributed by atoms with Crippen molar-refractivity contribution in [1.82, 2.24) is 9.55 Å². The fourth-order valence-electron chi connectivity index (χ4n) is 6.01. The lowest BCUT2D eigenvalue weighted by atomic mass is 9.86. The molecule has 0 spiro atoms. The molecule has 3 aromatic rings. The number of halogens is 1. The van der Waals surface area contributed by atoms with E-state index in [4.69, 9.17) is 14.5 Å². The first kappa shape index (κ1) is 22.3.